The Labute approximate surface area is 602 Å². The average Bonchev–Trinajstić information content (AvgIpc) is 1.23. The molecule has 0 saturated carbocycles. The molecule has 19 rings (SSSR count). The summed E-state index contributed by atoms with van der Waals surface area (Å²) < 4.78 is 13.7. The second-order valence-electron chi connectivity index (χ2n) is 29.9. The van der Waals surface area contributed by atoms with E-state index in [2.05, 4.69) is 379 Å². The molecule has 0 saturated heterocycles. The van der Waals surface area contributed by atoms with E-state index in [0.29, 0.717) is 0 Å². The molecule has 0 spiro atoms. The summed E-state index contributed by atoms with van der Waals surface area (Å²) in [5.41, 5.74) is 33.7. The zero-order chi connectivity index (χ0) is 69.2. The molecule has 15 aromatic carbocycles. The zero-order valence-electron chi connectivity index (χ0n) is 58.5. The lowest BCUT2D eigenvalue weighted by atomic mass is 9.33. The minimum Gasteiger partial charge on any atom is -0.456 e. The predicted octanol–water partition coefficient (Wildman–Crippen LogP) is 25.5. The summed E-state index contributed by atoms with van der Waals surface area (Å²) in [4.78, 5) is 5.38. The molecule has 0 radical (unpaired) electrons. The lowest BCUT2D eigenvalue weighted by Crippen LogP contribution is -2.61. The first-order chi connectivity index (χ1) is 50.3. The second-order valence-corrected chi connectivity index (χ2v) is 29.9. The van der Waals surface area contributed by atoms with E-state index >= 15 is 0 Å². The molecule has 490 valence electrons. The van der Waals surface area contributed by atoms with Gasteiger partial charge >= 0.3 is 0 Å². The zero-order valence-corrected chi connectivity index (χ0v) is 58.5. The molecule has 4 nitrogen and oxygen atoms in total. The number of benzene rings is 15. The summed E-state index contributed by atoms with van der Waals surface area (Å²) in [6.07, 6.45) is 0. The fourth-order valence-electron chi connectivity index (χ4n) is 16.4. The Morgan fingerprint density at radius 2 is 0.583 bits per heavy atom. The summed E-state index contributed by atoms with van der Waals surface area (Å²) in [5, 5.41) is 4.24. The third-order valence-electron chi connectivity index (χ3n) is 21.5. The van der Waals surface area contributed by atoms with Gasteiger partial charge in [0.05, 0.1) is 11.4 Å². The van der Waals surface area contributed by atoms with E-state index in [1.165, 1.54) is 27.5 Å². The fraction of sp³-hybridized carbons (Fsp3) is 0.0816. The molecule has 103 heavy (non-hydrogen) atoms. The predicted molar refractivity (Wildman–Crippen MR) is 436 cm³/mol. The van der Waals surface area contributed by atoms with Crippen molar-refractivity contribution in [3.63, 3.8) is 0 Å². The molecule has 4 heterocycles. The number of nitrogens with zero attached hydrogens (tertiary/aromatic N) is 2. The maximum Gasteiger partial charge on any atom is 0.252 e. The van der Waals surface area contributed by atoms with Crippen molar-refractivity contribution in [1.29, 1.82) is 0 Å². The Hall–Kier alpha value is -12.4. The summed E-state index contributed by atoms with van der Waals surface area (Å²) in [6.45, 7) is 13.9. The van der Waals surface area contributed by atoms with Gasteiger partial charge < -0.3 is 18.6 Å². The van der Waals surface area contributed by atoms with E-state index in [4.69, 9.17) is 8.83 Å². The molecule has 0 amide bonds. The fourth-order valence-corrected chi connectivity index (χ4v) is 16.4. The van der Waals surface area contributed by atoms with E-state index in [9.17, 15) is 0 Å². The van der Waals surface area contributed by atoms with Crippen LogP contribution in [0.5, 0.6) is 0 Å². The number of hydrogen-bond acceptors (Lipinski definition) is 4. The molecule has 2 aromatic heterocycles. The van der Waals surface area contributed by atoms with Crippen LogP contribution in [-0.4, -0.2) is 6.71 Å². The molecule has 2 aliphatic rings. The molecule has 0 unspecified atom stereocenters. The summed E-state index contributed by atoms with van der Waals surface area (Å²) in [5.74, 6) is 0. The lowest BCUT2D eigenvalue weighted by Gasteiger charge is -2.46. The molecule has 0 atom stereocenters. The van der Waals surface area contributed by atoms with Gasteiger partial charge in [-0.3, -0.25) is 0 Å². The standard InChI is InChI=1S/C98H73BN2O2/c1-97(2,3)73-46-48-86-84(60-73)99-85-61-74(98(4,5)6)47-49-87(85)101(95-79(66-37-21-11-22-38-66)54-70(63-31-15-8-16-32-63)55-80(95)67-39-23-12-24-40-67)89-59-72(71-56-81(96-83(57-71)76-42-26-28-44-91(76)103-96)68-45-50-92-82(51-68)75-41-25-27-43-90(75)102-92)58-88(93(89)99)100(86)94-77(64-33-17-9-18-34-64)52-69(62-29-13-7-14-30-62)53-78(94)65-35-19-10-20-36-65/h7-61H,1-6H3. The third kappa shape index (κ3) is 10.4. The van der Waals surface area contributed by atoms with Crippen LogP contribution in [0, 0.1) is 0 Å². The van der Waals surface area contributed by atoms with Crippen LogP contribution in [0.3, 0.4) is 0 Å². The van der Waals surface area contributed by atoms with Crippen molar-refractivity contribution in [2.45, 2.75) is 52.4 Å². The molecule has 0 bridgehead atoms. The first-order valence-corrected chi connectivity index (χ1v) is 36.0. The number of rotatable bonds is 10. The number of furan rings is 2. The van der Waals surface area contributed by atoms with Crippen molar-refractivity contribution in [3.8, 4) is 89.0 Å². The maximum absolute atomic E-state index is 7.13. The minimum absolute atomic E-state index is 0.191. The largest absolute Gasteiger partial charge is 0.456 e. The van der Waals surface area contributed by atoms with Gasteiger partial charge in [0.2, 0.25) is 0 Å². The highest BCUT2D eigenvalue weighted by Crippen LogP contribution is 2.56. The van der Waals surface area contributed by atoms with E-state index in [0.717, 1.165) is 167 Å². The minimum atomic E-state index is -0.235. The van der Waals surface area contributed by atoms with Crippen molar-refractivity contribution in [3.05, 3.63) is 345 Å². The van der Waals surface area contributed by atoms with Gasteiger partial charge in [-0.15, -0.1) is 0 Å². The number of fused-ring (bicyclic) bond motifs is 10. The molecule has 5 heteroatoms. The van der Waals surface area contributed by atoms with Crippen molar-refractivity contribution < 1.29 is 8.83 Å². The monoisotopic (exact) mass is 1320 g/mol. The molecular weight excluding hydrogens is 1250 g/mol. The number of hydrogen-bond donors (Lipinski definition) is 0. The smallest absolute Gasteiger partial charge is 0.252 e. The SMILES string of the molecule is CC(C)(C)c1ccc2c(c1)B1c3cc(C(C)(C)C)ccc3N(c3c(-c4ccccc4)cc(-c4ccccc4)cc3-c3ccccc3)c3cc(-c4cc(-c5ccc6oc7ccccc7c6c5)c5oc6ccccc6c5c4)cc(c31)N2c1c(-c2ccccc2)cc(-c2ccccc2)cc1-c1ccccc1. The van der Waals surface area contributed by atoms with E-state index in [1.54, 1.807) is 0 Å². The van der Waals surface area contributed by atoms with Gasteiger partial charge in [0.15, 0.2) is 0 Å². The topological polar surface area (TPSA) is 32.8 Å². The van der Waals surface area contributed by atoms with Crippen LogP contribution in [0.1, 0.15) is 52.7 Å². The van der Waals surface area contributed by atoms with Gasteiger partial charge in [-0.25, -0.2) is 0 Å². The van der Waals surface area contributed by atoms with Gasteiger partial charge in [-0.2, -0.15) is 0 Å². The highest BCUT2D eigenvalue weighted by molar-refractivity contribution is 7.00. The Morgan fingerprint density at radius 1 is 0.243 bits per heavy atom. The van der Waals surface area contributed by atoms with Crippen LogP contribution in [0.15, 0.2) is 342 Å². The van der Waals surface area contributed by atoms with Gasteiger partial charge in [-0.05, 0) is 184 Å². The Kier molecular flexibility index (Phi) is 14.5. The van der Waals surface area contributed by atoms with Crippen molar-refractivity contribution in [1.82, 2.24) is 0 Å². The van der Waals surface area contributed by atoms with Crippen molar-refractivity contribution >= 4 is 101 Å². The highest BCUT2D eigenvalue weighted by atomic mass is 16.3. The van der Waals surface area contributed by atoms with Crippen LogP contribution in [0.4, 0.5) is 34.1 Å². The van der Waals surface area contributed by atoms with Crippen molar-refractivity contribution in [2.75, 3.05) is 9.80 Å². The number of para-hydroxylation sites is 2. The number of anilines is 6. The van der Waals surface area contributed by atoms with Crippen molar-refractivity contribution in [2.24, 2.45) is 0 Å². The summed E-state index contributed by atoms with van der Waals surface area (Å²) >= 11 is 0. The molecule has 0 aliphatic carbocycles. The maximum atomic E-state index is 7.13. The molecular formula is C98H73BN2O2. The van der Waals surface area contributed by atoms with Crippen LogP contribution in [0.25, 0.3) is 133 Å². The van der Waals surface area contributed by atoms with Crippen LogP contribution in [-0.2, 0) is 10.8 Å². The second kappa shape index (κ2) is 24.1. The van der Waals surface area contributed by atoms with E-state index in [-0.39, 0.29) is 17.5 Å². The first-order valence-electron chi connectivity index (χ1n) is 36.0. The Morgan fingerprint density at radius 3 is 1.01 bits per heavy atom. The third-order valence-corrected chi connectivity index (χ3v) is 21.5. The lowest BCUT2D eigenvalue weighted by molar-refractivity contribution is 0.590. The van der Waals surface area contributed by atoms with Crippen LogP contribution in [0.2, 0.25) is 0 Å². The first kappa shape index (κ1) is 61.6. The normalized spacial score (nSPS) is 12.7. The quantitative estimate of drug-likeness (QED) is 0.128. The Bertz CT molecular complexity index is 5800. The van der Waals surface area contributed by atoms with E-state index in [1.807, 2.05) is 6.07 Å². The Balaban J connectivity index is 1.01. The van der Waals surface area contributed by atoms with Gasteiger partial charge in [0.1, 0.15) is 22.3 Å². The van der Waals surface area contributed by atoms with Crippen LogP contribution < -0.4 is 26.2 Å². The highest BCUT2D eigenvalue weighted by Gasteiger charge is 2.46. The van der Waals surface area contributed by atoms with Gasteiger partial charge in [0.25, 0.3) is 6.71 Å². The van der Waals surface area contributed by atoms with Gasteiger partial charge in [-0.1, -0.05) is 290 Å². The van der Waals surface area contributed by atoms with E-state index < -0.39 is 0 Å². The molecule has 0 fully saturated rings. The van der Waals surface area contributed by atoms with Gasteiger partial charge in [0, 0.05) is 72.1 Å². The molecule has 2 aliphatic heterocycles. The molecule has 17 aromatic rings. The summed E-state index contributed by atoms with van der Waals surface area (Å²) in [6, 6.07) is 124. The summed E-state index contributed by atoms with van der Waals surface area (Å²) in [7, 11) is 0. The molecule has 0 N–H and O–H groups in total. The van der Waals surface area contributed by atoms with Crippen LogP contribution >= 0.6 is 0 Å². The average molecular weight is 1320 g/mol.